The second kappa shape index (κ2) is 25.8. The molecule has 1 unspecified atom stereocenters. The summed E-state index contributed by atoms with van der Waals surface area (Å²) in [7, 11) is -4.78. The molecule has 0 rings (SSSR count). The standard InChI is InChI=1S/C26H50O8S.2Na/c1-4-7-10-12-14-16-18-26(22-33-20-9-6-3,19-17-15-13-11-8-5-2)34-35(31,32)23(25(29)30)21-24(27)28;;/h23H,4-22H2,1-3H3,(H,27,28)(H,29,30);;/q;2*+1/p-2. The monoisotopic (exact) mass is 566 g/mol. The summed E-state index contributed by atoms with van der Waals surface area (Å²) >= 11 is 0. The maximum absolute atomic E-state index is 13.0. The van der Waals surface area contributed by atoms with Gasteiger partial charge in [0.1, 0.15) is 10.9 Å². The van der Waals surface area contributed by atoms with E-state index in [9.17, 15) is 28.2 Å². The van der Waals surface area contributed by atoms with E-state index in [1.807, 2.05) is 6.92 Å². The van der Waals surface area contributed by atoms with Crippen LogP contribution in [0.5, 0.6) is 0 Å². The van der Waals surface area contributed by atoms with Crippen LogP contribution in [0.1, 0.15) is 130 Å². The fourth-order valence-corrected chi connectivity index (χ4v) is 5.50. The van der Waals surface area contributed by atoms with Crippen LogP contribution in [-0.2, 0) is 28.6 Å². The first-order valence-corrected chi connectivity index (χ1v) is 15.0. The maximum Gasteiger partial charge on any atom is 1.00 e. The van der Waals surface area contributed by atoms with Crippen molar-refractivity contribution in [2.75, 3.05) is 13.2 Å². The van der Waals surface area contributed by atoms with Gasteiger partial charge in [-0.25, -0.2) is 0 Å². The Hall–Kier alpha value is 0.810. The van der Waals surface area contributed by atoms with Crippen LogP contribution in [0, 0.1) is 0 Å². The third-order valence-corrected chi connectivity index (χ3v) is 7.88. The molecule has 0 bridgehead atoms. The van der Waals surface area contributed by atoms with Crippen molar-refractivity contribution in [1.82, 2.24) is 0 Å². The number of hydrogen-bond donors (Lipinski definition) is 0. The van der Waals surface area contributed by atoms with Crippen LogP contribution in [0.2, 0.25) is 0 Å². The quantitative estimate of drug-likeness (QED) is 0.0682. The smallest absolute Gasteiger partial charge is 0.550 e. The van der Waals surface area contributed by atoms with E-state index in [4.69, 9.17) is 8.92 Å². The third-order valence-electron chi connectivity index (χ3n) is 6.24. The average molecular weight is 567 g/mol. The number of hydrogen-bond acceptors (Lipinski definition) is 8. The number of rotatable bonds is 25. The summed E-state index contributed by atoms with van der Waals surface area (Å²) < 4.78 is 37.4. The molecular weight excluding hydrogens is 518 g/mol. The van der Waals surface area contributed by atoms with E-state index in [1.165, 1.54) is 0 Å². The average Bonchev–Trinajstić information content (AvgIpc) is 2.79. The molecule has 0 heterocycles. The Balaban J connectivity index is -0.00000578. The largest absolute Gasteiger partial charge is 1.00 e. The Morgan fingerprint density at radius 3 is 1.57 bits per heavy atom. The molecule has 0 aromatic rings. The summed E-state index contributed by atoms with van der Waals surface area (Å²) in [5.41, 5.74) is -1.23. The van der Waals surface area contributed by atoms with Crippen molar-refractivity contribution in [2.45, 2.75) is 141 Å². The van der Waals surface area contributed by atoms with Crippen LogP contribution in [0.15, 0.2) is 0 Å². The second-order valence-electron chi connectivity index (χ2n) is 9.58. The molecule has 0 aliphatic rings. The van der Waals surface area contributed by atoms with Gasteiger partial charge in [-0.1, -0.05) is 104 Å². The minimum absolute atomic E-state index is 0. The molecule has 208 valence electrons. The predicted octanol–water partition coefficient (Wildman–Crippen LogP) is -2.34. The predicted molar refractivity (Wildman–Crippen MR) is 133 cm³/mol. The van der Waals surface area contributed by atoms with Crippen LogP contribution < -0.4 is 69.3 Å². The van der Waals surface area contributed by atoms with Crippen molar-refractivity contribution in [3.63, 3.8) is 0 Å². The van der Waals surface area contributed by atoms with Crippen LogP contribution in [-0.4, -0.2) is 44.4 Å². The molecule has 0 spiro atoms. The molecule has 11 heteroatoms. The van der Waals surface area contributed by atoms with Crippen molar-refractivity contribution in [3.05, 3.63) is 0 Å². The molecular formula is C26H48Na2O8S. The minimum atomic E-state index is -4.78. The molecule has 0 amide bonds. The summed E-state index contributed by atoms with van der Waals surface area (Å²) in [5.74, 6) is -3.79. The number of aliphatic carboxylic acids is 2. The molecule has 0 radical (unpaired) electrons. The molecule has 37 heavy (non-hydrogen) atoms. The van der Waals surface area contributed by atoms with Gasteiger partial charge in [-0.05, 0) is 19.3 Å². The number of ether oxygens (including phenoxy) is 1. The van der Waals surface area contributed by atoms with Crippen molar-refractivity contribution in [2.24, 2.45) is 0 Å². The first-order chi connectivity index (χ1) is 16.6. The van der Waals surface area contributed by atoms with Gasteiger partial charge in [0.2, 0.25) is 0 Å². The van der Waals surface area contributed by atoms with Gasteiger partial charge in [-0.15, -0.1) is 0 Å². The zero-order valence-corrected chi connectivity index (χ0v) is 29.0. The zero-order chi connectivity index (χ0) is 26.6. The maximum atomic E-state index is 13.0. The van der Waals surface area contributed by atoms with Crippen molar-refractivity contribution in [3.8, 4) is 0 Å². The Bertz CT molecular complexity index is 657. The second-order valence-corrected chi connectivity index (χ2v) is 11.3. The molecule has 8 nitrogen and oxygen atoms in total. The van der Waals surface area contributed by atoms with Gasteiger partial charge in [0, 0.05) is 19.0 Å². The number of unbranched alkanes of at least 4 members (excludes halogenated alkanes) is 11. The van der Waals surface area contributed by atoms with Crippen LogP contribution in [0.25, 0.3) is 0 Å². The topological polar surface area (TPSA) is 133 Å². The van der Waals surface area contributed by atoms with Gasteiger partial charge >= 0.3 is 59.1 Å². The summed E-state index contributed by atoms with van der Waals surface area (Å²) in [4.78, 5) is 22.5. The van der Waals surface area contributed by atoms with Crippen molar-refractivity contribution >= 4 is 22.1 Å². The molecule has 0 aromatic carbocycles. The van der Waals surface area contributed by atoms with E-state index in [0.29, 0.717) is 32.3 Å². The van der Waals surface area contributed by atoms with E-state index in [0.717, 1.165) is 77.0 Å². The summed E-state index contributed by atoms with van der Waals surface area (Å²) in [6.07, 6.45) is 13.3. The number of carbonyl (C=O) groups is 2. The van der Waals surface area contributed by atoms with Crippen LogP contribution in [0.4, 0.5) is 0 Å². The molecule has 0 aliphatic heterocycles. The molecule has 0 N–H and O–H groups in total. The molecule has 0 saturated carbocycles. The van der Waals surface area contributed by atoms with E-state index < -0.39 is 39.3 Å². The zero-order valence-electron chi connectivity index (χ0n) is 24.2. The number of carboxylic acids is 2. The van der Waals surface area contributed by atoms with Gasteiger partial charge < -0.3 is 24.5 Å². The van der Waals surface area contributed by atoms with E-state index in [-0.39, 0.29) is 65.7 Å². The van der Waals surface area contributed by atoms with Gasteiger partial charge in [0.05, 0.1) is 12.6 Å². The van der Waals surface area contributed by atoms with Crippen molar-refractivity contribution < 1.29 is 96.3 Å². The van der Waals surface area contributed by atoms with Gasteiger partial charge in [-0.3, -0.25) is 4.18 Å². The van der Waals surface area contributed by atoms with E-state index >= 15 is 0 Å². The fraction of sp³-hybridized carbons (Fsp3) is 0.923. The minimum Gasteiger partial charge on any atom is -0.550 e. The first kappa shape index (κ1) is 42.3. The molecule has 0 aliphatic carbocycles. The Morgan fingerprint density at radius 2 is 1.16 bits per heavy atom. The normalized spacial score (nSPS) is 12.4. The third kappa shape index (κ3) is 21.3. The first-order valence-electron chi connectivity index (χ1n) is 13.6. The van der Waals surface area contributed by atoms with Crippen LogP contribution in [0.3, 0.4) is 0 Å². The summed E-state index contributed by atoms with van der Waals surface area (Å²) in [6, 6.07) is 0. The molecule has 0 aromatic heterocycles. The summed E-state index contributed by atoms with van der Waals surface area (Å²) in [5, 5.41) is 20.2. The fourth-order valence-electron chi connectivity index (χ4n) is 4.10. The molecule has 0 saturated heterocycles. The number of carbonyl (C=O) groups excluding carboxylic acids is 2. The van der Waals surface area contributed by atoms with E-state index in [1.54, 1.807) is 0 Å². The Kier molecular flexibility index (Phi) is 29.4. The van der Waals surface area contributed by atoms with Gasteiger partial charge in [0.25, 0.3) is 10.1 Å². The van der Waals surface area contributed by atoms with Crippen molar-refractivity contribution in [1.29, 1.82) is 0 Å². The van der Waals surface area contributed by atoms with E-state index in [2.05, 4.69) is 13.8 Å². The Labute approximate surface area is 270 Å². The van der Waals surface area contributed by atoms with Crippen LogP contribution >= 0.6 is 0 Å². The SMILES string of the molecule is CCCCCCCCC(CCCCCCCC)(COCCCC)OS(=O)(=O)C(CC(=O)[O-])C(=O)[O-].[Na+].[Na+]. The van der Waals surface area contributed by atoms with Gasteiger partial charge in [-0.2, -0.15) is 8.42 Å². The molecule has 1 atom stereocenters. The molecule has 0 fully saturated rings. The number of carboxylic acid groups (broad SMARTS) is 2. The Morgan fingerprint density at radius 1 is 0.730 bits per heavy atom. The summed E-state index contributed by atoms with van der Waals surface area (Å²) in [6.45, 7) is 6.75. The van der Waals surface area contributed by atoms with Gasteiger partial charge in [0.15, 0.2) is 0 Å².